The van der Waals surface area contributed by atoms with Gasteiger partial charge < -0.3 is 29.1 Å². The van der Waals surface area contributed by atoms with Gasteiger partial charge in [-0.25, -0.2) is 0 Å². The predicted octanol–water partition coefficient (Wildman–Crippen LogP) is 4.29. The van der Waals surface area contributed by atoms with Crippen molar-refractivity contribution in [2.24, 2.45) is 17.8 Å². The molecule has 3 aliphatic rings. The molecule has 42 heavy (non-hydrogen) atoms. The first-order valence-corrected chi connectivity index (χ1v) is 15.2. The van der Waals surface area contributed by atoms with Crippen molar-refractivity contribution >= 4 is 23.5 Å². The van der Waals surface area contributed by atoms with Crippen molar-refractivity contribution in [3.63, 3.8) is 0 Å². The van der Waals surface area contributed by atoms with E-state index >= 15 is 0 Å². The number of ether oxygens (including phenoxy) is 3. The van der Waals surface area contributed by atoms with Crippen LogP contribution in [0.15, 0.2) is 49.6 Å². The third kappa shape index (κ3) is 5.15. The molecule has 3 heterocycles. The highest BCUT2D eigenvalue weighted by atomic mass is 16.6. The summed E-state index contributed by atoms with van der Waals surface area (Å²) in [4.78, 5) is 46.2. The summed E-state index contributed by atoms with van der Waals surface area (Å²) in [7, 11) is 1.57. The molecular formula is C33H46N2O7. The molecule has 0 saturated carbocycles. The number of rotatable bonds is 15. The number of nitrogens with zero attached hydrogens (tertiary/aromatic N) is 2. The SMILES string of the molecule is C=CCCCOC(=O)[C@@H]1[C@H]2C(=O)N([C@@H](CO)[C@@H](C)CC)C(C(=O)N(CC=C)c3ccc(OC)cc3)C23CC[C@@]1(CC)O3. The Hall–Kier alpha value is -3.17. The van der Waals surface area contributed by atoms with Gasteiger partial charge in [-0.05, 0) is 62.3 Å². The van der Waals surface area contributed by atoms with Gasteiger partial charge in [-0.3, -0.25) is 14.4 Å². The Kier molecular flexibility index (Phi) is 9.83. The van der Waals surface area contributed by atoms with E-state index in [2.05, 4.69) is 13.2 Å². The highest BCUT2D eigenvalue weighted by Gasteiger charge is 2.79. The van der Waals surface area contributed by atoms with E-state index in [1.165, 1.54) is 0 Å². The number of hydrogen-bond donors (Lipinski definition) is 1. The lowest BCUT2D eigenvalue weighted by molar-refractivity contribution is -0.162. The largest absolute Gasteiger partial charge is 0.497 e. The summed E-state index contributed by atoms with van der Waals surface area (Å²) in [5, 5.41) is 10.6. The fourth-order valence-electron chi connectivity index (χ4n) is 7.32. The van der Waals surface area contributed by atoms with Gasteiger partial charge in [0.1, 0.15) is 23.3 Å². The van der Waals surface area contributed by atoms with Gasteiger partial charge in [-0.15, -0.1) is 13.2 Å². The Morgan fingerprint density at radius 1 is 1.21 bits per heavy atom. The number of benzene rings is 1. The molecule has 1 aromatic carbocycles. The molecule has 1 N–H and O–H groups in total. The van der Waals surface area contributed by atoms with Gasteiger partial charge in [0.15, 0.2) is 0 Å². The number of allylic oxidation sites excluding steroid dienone is 1. The number of fused-ring (bicyclic) bond motifs is 1. The molecule has 0 aliphatic carbocycles. The summed E-state index contributed by atoms with van der Waals surface area (Å²) in [5.74, 6) is -2.29. The van der Waals surface area contributed by atoms with Gasteiger partial charge in [0.05, 0.1) is 37.9 Å². The molecule has 9 nitrogen and oxygen atoms in total. The number of esters is 1. The number of likely N-dealkylation sites (tertiary alicyclic amines) is 1. The minimum atomic E-state index is -1.22. The summed E-state index contributed by atoms with van der Waals surface area (Å²) < 4.78 is 17.9. The second-order valence-corrected chi connectivity index (χ2v) is 11.7. The number of hydrogen-bond acceptors (Lipinski definition) is 7. The third-order valence-corrected chi connectivity index (χ3v) is 9.71. The highest BCUT2D eigenvalue weighted by molar-refractivity contribution is 6.05. The van der Waals surface area contributed by atoms with E-state index in [0.29, 0.717) is 50.0 Å². The predicted molar refractivity (Wildman–Crippen MR) is 160 cm³/mol. The number of unbranched alkanes of at least 4 members (excludes halogenated alkanes) is 1. The van der Waals surface area contributed by atoms with Crippen molar-refractivity contribution in [1.29, 1.82) is 0 Å². The molecule has 1 spiro atoms. The number of anilines is 1. The van der Waals surface area contributed by atoms with Gasteiger partial charge in [-0.1, -0.05) is 39.3 Å². The maximum atomic E-state index is 14.8. The maximum Gasteiger partial charge on any atom is 0.312 e. The van der Waals surface area contributed by atoms with Crippen LogP contribution in [0.5, 0.6) is 5.75 Å². The highest BCUT2D eigenvalue weighted by Crippen LogP contribution is 2.65. The number of methoxy groups -OCH3 is 1. The Balaban J connectivity index is 1.82. The van der Waals surface area contributed by atoms with Crippen molar-refractivity contribution in [1.82, 2.24) is 4.90 Å². The standard InChI is InChI=1S/C33H46N2O7/c1-7-11-12-20-41-31(39)27-26-29(37)35(25(21-36)22(5)9-3)28(33(26)18-17-32(27,10-4)42-33)30(38)34(19-8-2)23-13-15-24(40-6)16-14-23/h7-8,13-16,22,25-28,36H,1-2,9-12,17-21H2,3-6H3/t22-,25-,26-,27-,28?,32+,33?/m0/s1. The van der Waals surface area contributed by atoms with Crippen LogP contribution < -0.4 is 9.64 Å². The topological polar surface area (TPSA) is 106 Å². The molecule has 2 unspecified atom stereocenters. The van der Waals surface area contributed by atoms with E-state index in [4.69, 9.17) is 14.2 Å². The quantitative estimate of drug-likeness (QED) is 0.187. The van der Waals surface area contributed by atoms with E-state index in [-0.39, 0.29) is 37.5 Å². The summed E-state index contributed by atoms with van der Waals surface area (Å²) in [6.07, 6.45) is 6.95. The molecule has 0 radical (unpaired) electrons. The van der Waals surface area contributed by atoms with Crippen LogP contribution in [-0.2, 0) is 23.9 Å². The Bertz CT molecular complexity index is 1170. The first-order valence-electron chi connectivity index (χ1n) is 15.2. The van der Waals surface area contributed by atoms with E-state index in [1.54, 1.807) is 53.3 Å². The van der Waals surface area contributed by atoms with E-state index < -0.39 is 41.1 Å². The van der Waals surface area contributed by atoms with Gasteiger partial charge in [0.2, 0.25) is 5.91 Å². The minimum absolute atomic E-state index is 0.0973. The normalized spacial score (nSPS) is 29.1. The lowest BCUT2D eigenvalue weighted by Gasteiger charge is -2.41. The number of aliphatic hydroxyl groups excluding tert-OH is 1. The van der Waals surface area contributed by atoms with Crippen LogP contribution in [0.3, 0.4) is 0 Å². The fourth-order valence-corrected chi connectivity index (χ4v) is 7.32. The zero-order valence-corrected chi connectivity index (χ0v) is 25.4. The molecule has 3 saturated heterocycles. The number of aliphatic hydroxyl groups is 1. The van der Waals surface area contributed by atoms with Crippen LogP contribution in [0.2, 0.25) is 0 Å². The molecular weight excluding hydrogens is 536 g/mol. The lowest BCUT2D eigenvalue weighted by atomic mass is 9.65. The van der Waals surface area contributed by atoms with E-state index in [0.717, 1.165) is 0 Å². The third-order valence-electron chi connectivity index (χ3n) is 9.71. The zero-order valence-electron chi connectivity index (χ0n) is 25.4. The monoisotopic (exact) mass is 582 g/mol. The lowest BCUT2D eigenvalue weighted by Crippen LogP contribution is -2.60. The van der Waals surface area contributed by atoms with Crippen LogP contribution in [0.25, 0.3) is 0 Å². The van der Waals surface area contributed by atoms with E-state index in [9.17, 15) is 19.5 Å². The molecule has 7 atom stereocenters. The van der Waals surface area contributed by atoms with Crippen molar-refractivity contribution in [2.45, 2.75) is 82.6 Å². The summed E-state index contributed by atoms with van der Waals surface area (Å²) in [6.45, 7) is 13.6. The van der Waals surface area contributed by atoms with Crippen LogP contribution in [0, 0.1) is 17.8 Å². The van der Waals surface area contributed by atoms with Crippen molar-refractivity contribution in [3.8, 4) is 5.75 Å². The van der Waals surface area contributed by atoms with Crippen molar-refractivity contribution in [2.75, 3.05) is 31.8 Å². The molecule has 230 valence electrons. The van der Waals surface area contributed by atoms with Gasteiger partial charge in [0.25, 0.3) is 5.91 Å². The molecule has 2 amide bonds. The molecule has 1 aromatic rings. The first kappa shape index (κ1) is 31.8. The van der Waals surface area contributed by atoms with Crippen LogP contribution in [-0.4, -0.2) is 77.9 Å². The van der Waals surface area contributed by atoms with Crippen LogP contribution >= 0.6 is 0 Å². The maximum absolute atomic E-state index is 14.8. The van der Waals surface area contributed by atoms with E-state index in [1.807, 2.05) is 20.8 Å². The van der Waals surface area contributed by atoms with Gasteiger partial charge in [0, 0.05) is 12.2 Å². The molecule has 9 heteroatoms. The minimum Gasteiger partial charge on any atom is -0.497 e. The fraction of sp³-hybridized carbons (Fsp3) is 0.606. The second-order valence-electron chi connectivity index (χ2n) is 11.7. The first-order chi connectivity index (χ1) is 20.2. The number of amides is 2. The molecule has 2 bridgehead atoms. The molecule has 0 aromatic heterocycles. The Morgan fingerprint density at radius 3 is 2.50 bits per heavy atom. The van der Waals surface area contributed by atoms with Gasteiger partial charge in [-0.2, -0.15) is 0 Å². The Morgan fingerprint density at radius 2 is 1.93 bits per heavy atom. The van der Waals surface area contributed by atoms with Gasteiger partial charge >= 0.3 is 5.97 Å². The summed E-state index contributed by atoms with van der Waals surface area (Å²) in [6, 6.07) is 5.47. The molecule has 3 aliphatic heterocycles. The molecule has 3 fully saturated rings. The smallest absolute Gasteiger partial charge is 0.312 e. The van der Waals surface area contributed by atoms with Crippen molar-refractivity contribution in [3.05, 3.63) is 49.6 Å². The Labute approximate surface area is 249 Å². The van der Waals surface area contributed by atoms with Crippen molar-refractivity contribution < 1.29 is 33.7 Å². The second kappa shape index (κ2) is 13.0. The summed E-state index contributed by atoms with van der Waals surface area (Å²) >= 11 is 0. The number of carbonyl (C=O) groups is 3. The van der Waals surface area contributed by atoms with Crippen LogP contribution in [0.1, 0.15) is 59.3 Å². The zero-order chi connectivity index (χ0) is 30.7. The number of carbonyl (C=O) groups excluding carboxylic acids is 3. The van der Waals surface area contributed by atoms with Crippen LogP contribution in [0.4, 0.5) is 5.69 Å². The average molecular weight is 583 g/mol. The summed E-state index contributed by atoms with van der Waals surface area (Å²) in [5.41, 5.74) is -1.50. The average Bonchev–Trinajstić information content (AvgIpc) is 3.62. The molecule has 4 rings (SSSR count).